The van der Waals surface area contributed by atoms with E-state index in [-0.39, 0.29) is 0 Å². The zero-order valence-electron chi connectivity index (χ0n) is 13.5. The first-order valence-electron chi connectivity index (χ1n) is 8.73. The minimum absolute atomic E-state index is 0.596. The molecule has 1 aromatic heterocycles. The molecule has 0 aromatic carbocycles. The summed E-state index contributed by atoms with van der Waals surface area (Å²) in [6.07, 6.45) is 7.30. The molecule has 0 saturated heterocycles. The van der Waals surface area contributed by atoms with Gasteiger partial charge >= 0.3 is 0 Å². The molecule has 21 heavy (non-hydrogen) atoms. The lowest BCUT2D eigenvalue weighted by Crippen LogP contribution is -2.33. The third kappa shape index (κ3) is 2.23. The quantitative estimate of drug-likeness (QED) is 0.874. The smallest absolute Gasteiger partial charge is 0.138 e. The lowest BCUT2D eigenvalue weighted by Gasteiger charge is -2.20. The lowest BCUT2D eigenvalue weighted by molar-refractivity contribution is 0.364. The van der Waals surface area contributed by atoms with Gasteiger partial charge in [-0.05, 0) is 61.8 Å². The maximum atomic E-state index is 4.53. The van der Waals surface area contributed by atoms with Crippen molar-refractivity contribution in [1.82, 2.24) is 20.1 Å². The van der Waals surface area contributed by atoms with Crippen molar-refractivity contribution in [3.63, 3.8) is 0 Å². The first kappa shape index (κ1) is 13.7. The Morgan fingerprint density at radius 1 is 1.29 bits per heavy atom. The Morgan fingerprint density at radius 2 is 2.00 bits per heavy atom. The van der Waals surface area contributed by atoms with Gasteiger partial charge in [0.2, 0.25) is 0 Å². The number of nitrogens with one attached hydrogen (secondary N) is 1. The van der Waals surface area contributed by atoms with Crippen molar-refractivity contribution in [2.75, 3.05) is 7.05 Å². The minimum atomic E-state index is 0.596. The molecule has 4 rings (SSSR count). The zero-order chi connectivity index (χ0) is 14.6. The summed E-state index contributed by atoms with van der Waals surface area (Å²) in [5.74, 6) is 6.86. The molecular weight excluding hydrogens is 260 g/mol. The molecule has 1 N–H and O–H groups in total. The van der Waals surface area contributed by atoms with Crippen LogP contribution in [-0.4, -0.2) is 27.9 Å². The molecule has 116 valence electrons. The molecule has 5 atom stereocenters. The summed E-state index contributed by atoms with van der Waals surface area (Å²) < 4.78 is 2.11. The van der Waals surface area contributed by atoms with Gasteiger partial charge in [-0.3, -0.25) is 0 Å². The SMILES string of the molecule is CNC(Cc1ncnn1CC(C)C)C1C2C3CCC(C3)C21. The average molecular weight is 288 g/mol. The van der Waals surface area contributed by atoms with E-state index in [1.807, 2.05) is 0 Å². The Balaban J connectivity index is 1.45. The molecule has 3 fully saturated rings. The number of nitrogens with zero attached hydrogens (tertiary/aromatic N) is 3. The molecule has 0 spiro atoms. The summed E-state index contributed by atoms with van der Waals surface area (Å²) in [5.41, 5.74) is 0. The Morgan fingerprint density at radius 3 is 2.62 bits per heavy atom. The molecule has 5 unspecified atom stereocenters. The summed E-state index contributed by atoms with van der Waals surface area (Å²) in [5, 5.41) is 8.01. The van der Waals surface area contributed by atoms with Crippen LogP contribution in [0.2, 0.25) is 0 Å². The Bertz CT molecular complexity index is 493. The van der Waals surface area contributed by atoms with Crippen LogP contribution in [0.1, 0.15) is 38.9 Å². The van der Waals surface area contributed by atoms with Gasteiger partial charge in [-0.25, -0.2) is 9.67 Å². The van der Waals surface area contributed by atoms with E-state index >= 15 is 0 Å². The normalized spacial score (nSPS) is 38.0. The summed E-state index contributed by atoms with van der Waals surface area (Å²) in [6, 6.07) is 0.596. The number of fused-ring (bicyclic) bond motifs is 5. The average Bonchev–Trinajstić information content (AvgIpc) is 2.82. The third-order valence-corrected chi connectivity index (χ3v) is 6.27. The highest BCUT2D eigenvalue weighted by Crippen LogP contribution is 2.70. The van der Waals surface area contributed by atoms with Gasteiger partial charge in [0, 0.05) is 19.0 Å². The van der Waals surface area contributed by atoms with Crippen molar-refractivity contribution in [2.24, 2.45) is 35.5 Å². The van der Waals surface area contributed by atoms with Crippen LogP contribution in [-0.2, 0) is 13.0 Å². The second-order valence-corrected chi connectivity index (χ2v) is 7.92. The monoisotopic (exact) mass is 288 g/mol. The van der Waals surface area contributed by atoms with E-state index < -0.39 is 0 Å². The van der Waals surface area contributed by atoms with Gasteiger partial charge in [-0.2, -0.15) is 5.10 Å². The standard InChI is InChI=1S/C17H28N4/c1-10(2)8-21-14(19-9-20-21)7-13(18-3)17-15-11-4-5-12(6-11)16(15)17/h9-13,15-18H,4-8H2,1-3H3. The largest absolute Gasteiger partial charge is 0.316 e. The number of rotatable bonds is 6. The van der Waals surface area contributed by atoms with Crippen molar-refractivity contribution in [3.8, 4) is 0 Å². The van der Waals surface area contributed by atoms with E-state index in [2.05, 4.69) is 41.0 Å². The Hall–Kier alpha value is -0.900. The number of hydrogen-bond donors (Lipinski definition) is 1. The van der Waals surface area contributed by atoms with Crippen molar-refractivity contribution in [1.29, 1.82) is 0 Å². The van der Waals surface area contributed by atoms with E-state index in [9.17, 15) is 0 Å². The fourth-order valence-corrected chi connectivity index (χ4v) is 5.50. The van der Waals surface area contributed by atoms with Crippen LogP contribution in [0.25, 0.3) is 0 Å². The van der Waals surface area contributed by atoms with E-state index in [4.69, 9.17) is 0 Å². The molecule has 0 radical (unpaired) electrons. The van der Waals surface area contributed by atoms with Gasteiger partial charge in [0.25, 0.3) is 0 Å². The summed E-state index contributed by atoms with van der Waals surface area (Å²) in [6.45, 7) is 5.46. The second kappa shape index (κ2) is 5.08. The second-order valence-electron chi connectivity index (χ2n) is 7.92. The number of aromatic nitrogens is 3. The summed E-state index contributed by atoms with van der Waals surface area (Å²) in [7, 11) is 2.13. The zero-order valence-corrected chi connectivity index (χ0v) is 13.5. The Labute approximate surface area is 127 Å². The van der Waals surface area contributed by atoms with Crippen LogP contribution >= 0.6 is 0 Å². The van der Waals surface area contributed by atoms with Gasteiger partial charge in [-0.1, -0.05) is 13.8 Å². The molecule has 4 heteroatoms. The molecule has 1 aromatic rings. The summed E-state index contributed by atoms with van der Waals surface area (Å²) >= 11 is 0. The molecule has 3 aliphatic carbocycles. The maximum absolute atomic E-state index is 4.53. The van der Waals surface area contributed by atoms with Crippen LogP contribution in [0, 0.1) is 35.5 Å². The fraction of sp³-hybridized carbons (Fsp3) is 0.882. The van der Waals surface area contributed by atoms with Crippen molar-refractivity contribution in [3.05, 3.63) is 12.2 Å². The van der Waals surface area contributed by atoms with Gasteiger partial charge in [0.1, 0.15) is 12.2 Å². The van der Waals surface area contributed by atoms with Crippen molar-refractivity contribution >= 4 is 0 Å². The van der Waals surface area contributed by atoms with E-state index in [1.54, 1.807) is 6.33 Å². The minimum Gasteiger partial charge on any atom is -0.316 e. The molecule has 3 saturated carbocycles. The molecule has 0 amide bonds. The molecule has 2 bridgehead atoms. The van der Waals surface area contributed by atoms with Crippen LogP contribution in [0.4, 0.5) is 0 Å². The van der Waals surface area contributed by atoms with Crippen LogP contribution in [0.3, 0.4) is 0 Å². The highest BCUT2D eigenvalue weighted by atomic mass is 15.3. The van der Waals surface area contributed by atoms with Crippen molar-refractivity contribution < 1.29 is 0 Å². The topological polar surface area (TPSA) is 42.7 Å². The van der Waals surface area contributed by atoms with E-state index in [1.165, 1.54) is 25.1 Å². The summed E-state index contributed by atoms with van der Waals surface area (Å²) in [4.78, 5) is 4.53. The number of likely N-dealkylation sites (N-methyl/N-ethyl adjacent to an activating group) is 1. The third-order valence-electron chi connectivity index (χ3n) is 6.27. The number of hydrogen-bond acceptors (Lipinski definition) is 3. The molecule has 0 aliphatic heterocycles. The first-order chi connectivity index (χ1) is 10.2. The van der Waals surface area contributed by atoms with Crippen LogP contribution < -0.4 is 5.32 Å². The lowest BCUT2D eigenvalue weighted by atomic mass is 9.95. The van der Waals surface area contributed by atoms with Crippen LogP contribution in [0.15, 0.2) is 6.33 Å². The predicted octanol–water partition coefficient (Wildman–Crippen LogP) is 2.36. The molecule has 4 nitrogen and oxygen atoms in total. The van der Waals surface area contributed by atoms with Gasteiger partial charge < -0.3 is 5.32 Å². The highest BCUT2D eigenvalue weighted by molar-refractivity contribution is 5.16. The van der Waals surface area contributed by atoms with E-state index in [0.29, 0.717) is 12.0 Å². The Kier molecular flexibility index (Phi) is 3.32. The van der Waals surface area contributed by atoms with Gasteiger partial charge in [0.15, 0.2) is 0 Å². The predicted molar refractivity (Wildman–Crippen MR) is 82.7 cm³/mol. The molecular formula is C17H28N4. The van der Waals surface area contributed by atoms with Crippen LogP contribution in [0.5, 0.6) is 0 Å². The van der Waals surface area contributed by atoms with E-state index in [0.717, 1.165) is 42.6 Å². The van der Waals surface area contributed by atoms with Gasteiger partial charge in [0.05, 0.1) is 0 Å². The fourth-order valence-electron chi connectivity index (χ4n) is 5.50. The van der Waals surface area contributed by atoms with Crippen molar-refractivity contribution in [2.45, 2.75) is 52.1 Å². The molecule has 1 heterocycles. The molecule has 3 aliphatic rings. The highest BCUT2D eigenvalue weighted by Gasteiger charge is 2.66. The first-order valence-corrected chi connectivity index (χ1v) is 8.73. The van der Waals surface area contributed by atoms with Gasteiger partial charge in [-0.15, -0.1) is 0 Å². The maximum Gasteiger partial charge on any atom is 0.138 e.